The summed E-state index contributed by atoms with van der Waals surface area (Å²) in [7, 11) is 0. The van der Waals surface area contributed by atoms with E-state index in [1.807, 2.05) is 39.0 Å². The van der Waals surface area contributed by atoms with Crippen LogP contribution >= 0.6 is 0 Å². The largest absolute Gasteiger partial charge is 0.334 e. The van der Waals surface area contributed by atoms with Crippen LogP contribution in [0.3, 0.4) is 0 Å². The highest BCUT2D eigenvalue weighted by molar-refractivity contribution is 5.58. The molecular weight excluding hydrogens is 328 g/mol. The van der Waals surface area contributed by atoms with E-state index in [1.165, 1.54) is 0 Å². The molecule has 0 aromatic carbocycles. The summed E-state index contributed by atoms with van der Waals surface area (Å²) >= 11 is 0. The third-order valence-electron chi connectivity index (χ3n) is 3.72. The number of aromatic nitrogens is 5. The molecule has 7 nitrogen and oxygen atoms in total. The van der Waals surface area contributed by atoms with Crippen LogP contribution in [0, 0.1) is 26.7 Å². The van der Waals surface area contributed by atoms with Crippen molar-refractivity contribution in [1.82, 2.24) is 30.4 Å². The van der Waals surface area contributed by atoms with Gasteiger partial charge in [-0.15, -0.1) is 0 Å². The van der Waals surface area contributed by atoms with Crippen LogP contribution in [-0.2, 0) is 6.54 Å². The molecular formula is C19H24N6O. The minimum absolute atomic E-state index is 0.461. The Labute approximate surface area is 153 Å². The molecule has 0 aliphatic carbocycles. The van der Waals surface area contributed by atoms with Crippen molar-refractivity contribution in [2.75, 3.05) is 6.54 Å². The number of aryl methyl sites for hydroxylation is 3. The van der Waals surface area contributed by atoms with E-state index >= 15 is 0 Å². The molecule has 3 heterocycles. The van der Waals surface area contributed by atoms with Crippen molar-refractivity contribution in [2.45, 2.75) is 41.2 Å². The van der Waals surface area contributed by atoms with E-state index in [0.717, 1.165) is 35.0 Å². The molecule has 0 saturated carbocycles. The number of nitrogens with zero attached hydrogens (tertiary/aromatic N) is 5. The summed E-state index contributed by atoms with van der Waals surface area (Å²) in [5, 5.41) is 7.45. The maximum absolute atomic E-state index is 5.44. The number of pyridine rings is 1. The van der Waals surface area contributed by atoms with E-state index in [0.29, 0.717) is 29.9 Å². The SMILES string of the molecule is Cc1cc(-c2nc(-c3cc(C)nc(CNCC(C)C)n3)no2)cc(C)n1. The molecule has 0 atom stereocenters. The van der Waals surface area contributed by atoms with Gasteiger partial charge < -0.3 is 9.84 Å². The molecule has 0 radical (unpaired) electrons. The Kier molecular flexibility index (Phi) is 5.37. The fourth-order valence-corrected chi connectivity index (χ4v) is 2.70. The first-order valence-corrected chi connectivity index (χ1v) is 8.75. The zero-order valence-electron chi connectivity index (χ0n) is 15.9. The summed E-state index contributed by atoms with van der Waals surface area (Å²) in [6, 6.07) is 5.72. The van der Waals surface area contributed by atoms with Crippen molar-refractivity contribution in [1.29, 1.82) is 0 Å². The maximum Gasteiger partial charge on any atom is 0.258 e. The quantitative estimate of drug-likeness (QED) is 0.728. The summed E-state index contributed by atoms with van der Waals surface area (Å²) in [4.78, 5) is 17.9. The van der Waals surface area contributed by atoms with Gasteiger partial charge in [-0.1, -0.05) is 19.0 Å². The highest BCUT2D eigenvalue weighted by Crippen LogP contribution is 2.22. The van der Waals surface area contributed by atoms with Crippen LogP contribution in [0.5, 0.6) is 0 Å². The first-order chi connectivity index (χ1) is 12.4. The normalized spacial score (nSPS) is 11.3. The van der Waals surface area contributed by atoms with Crippen LogP contribution in [0.15, 0.2) is 22.7 Å². The minimum Gasteiger partial charge on any atom is -0.334 e. The predicted molar refractivity (Wildman–Crippen MR) is 99.3 cm³/mol. The van der Waals surface area contributed by atoms with Crippen molar-refractivity contribution in [3.63, 3.8) is 0 Å². The van der Waals surface area contributed by atoms with Gasteiger partial charge in [0.15, 0.2) is 0 Å². The molecule has 3 aromatic rings. The summed E-state index contributed by atoms with van der Waals surface area (Å²) in [6.45, 7) is 11.7. The highest BCUT2D eigenvalue weighted by atomic mass is 16.5. The molecule has 1 N–H and O–H groups in total. The van der Waals surface area contributed by atoms with E-state index in [1.54, 1.807) is 0 Å². The molecule has 26 heavy (non-hydrogen) atoms. The fourth-order valence-electron chi connectivity index (χ4n) is 2.70. The second kappa shape index (κ2) is 7.70. The zero-order valence-corrected chi connectivity index (χ0v) is 15.9. The molecule has 0 amide bonds. The van der Waals surface area contributed by atoms with E-state index in [-0.39, 0.29) is 0 Å². The predicted octanol–water partition coefficient (Wildman–Crippen LogP) is 3.26. The lowest BCUT2D eigenvalue weighted by Crippen LogP contribution is -2.20. The fraction of sp³-hybridized carbons (Fsp3) is 0.421. The van der Waals surface area contributed by atoms with E-state index in [4.69, 9.17) is 4.52 Å². The number of hydrogen-bond acceptors (Lipinski definition) is 7. The third kappa shape index (κ3) is 4.49. The minimum atomic E-state index is 0.461. The van der Waals surface area contributed by atoms with Crippen LogP contribution in [0.2, 0.25) is 0 Å². The second-order valence-corrected chi connectivity index (χ2v) is 6.90. The van der Waals surface area contributed by atoms with E-state index in [2.05, 4.69) is 44.3 Å². The summed E-state index contributed by atoms with van der Waals surface area (Å²) < 4.78 is 5.44. The number of rotatable bonds is 6. The molecule has 0 spiro atoms. The third-order valence-corrected chi connectivity index (χ3v) is 3.72. The van der Waals surface area contributed by atoms with Gasteiger partial charge in [0.05, 0.1) is 6.54 Å². The van der Waals surface area contributed by atoms with Crippen LogP contribution < -0.4 is 5.32 Å². The Morgan fingerprint density at radius 3 is 2.31 bits per heavy atom. The molecule has 3 rings (SSSR count). The van der Waals surface area contributed by atoms with Gasteiger partial charge in [-0.05, 0) is 51.4 Å². The van der Waals surface area contributed by atoms with Crippen molar-refractivity contribution in [2.24, 2.45) is 5.92 Å². The van der Waals surface area contributed by atoms with Gasteiger partial charge in [0.1, 0.15) is 11.5 Å². The lowest BCUT2D eigenvalue weighted by atomic mass is 10.2. The molecule has 0 bridgehead atoms. The van der Waals surface area contributed by atoms with Crippen LogP contribution in [0.1, 0.15) is 36.8 Å². The Balaban J connectivity index is 1.85. The van der Waals surface area contributed by atoms with Gasteiger partial charge in [-0.3, -0.25) is 4.98 Å². The molecule has 0 unspecified atom stereocenters. The molecule has 136 valence electrons. The highest BCUT2D eigenvalue weighted by Gasteiger charge is 2.14. The average molecular weight is 352 g/mol. The molecule has 3 aromatic heterocycles. The Morgan fingerprint density at radius 2 is 1.62 bits per heavy atom. The maximum atomic E-state index is 5.44. The van der Waals surface area contributed by atoms with Crippen LogP contribution in [-0.4, -0.2) is 31.6 Å². The van der Waals surface area contributed by atoms with Crippen LogP contribution in [0.25, 0.3) is 23.0 Å². The lowest BCUT2D eigenvalue weighted by Gasteiger charge is -2.07. The summed E-state index contributed by atoms with van der Waals surface area (Å²) in [6.07, 6.45) is 0. The number of hydrogen-bond donors (Lipinski definition) is 1. The summed E-state index contributed by atoms with van der Waals surface area (Å²) in [5.41, 5.74) is 4.22. The molecule has 0 saturated heterocycles. The van der Waals surface area contributed by atoms with Gasteiger partial charge in [0, 0.05) is 22.6 Å². The Hall–Kier alpha value is -2.67. The molecule has 0 aliphatic heterocycles. The molecule has 7 heteroatoms. The average Bonchev–Trinajstić information content (AvgIpc) is 3.03. The van der Waals surface area contributed by atoms with Crippen molar-refractivity contribution < 1.29 is 4.52 Å². The lowest BCUT2D eigenvalue weighted by molar-refractivity contribution is 0.432. The smallest absolute Gasteiger partial charge is 0.258 e. The number of nitrogens with one attached hydrogen (secondary N) is 1. The monoisotopic (exact) mass is 352 g/mol. The first-order valence-electron chi connectivity index (χ1n) is 8.75. The Morgan fingerprint density at radius 1 is 0.923 bits per heavy atom. The summed E-state index contributed by atoms with van der Waals surface area (Å²) in [5.74, 6) is 2.22. The molecule has 0 aliphatic rings. The van der Waals surface area contributed by atoms with Crippen molar-refractivity contribution >= 4 is 0 Å². The topological polar surface area (TPSA) is 89.6 Å². The van der Waals surface area contributed by atoms with Gasteiger partial charge >= 0.3 is 0 Å². The van der Waals surface area contributed by atoms with E-state index < -0.39 is 0 Å². The van der Waals surface area contributed by atoms with Gasteiger partial charge in [0.25, 0.3) is 5.89 Å². The van der Waals surface area contributed by atoms with Crippen LogP contribution in [0.4, 0.5) is 0 Å². The Bertz CT molecular complexity index is 883. The van der Waals surface area contributed by atoms with E-state index in [9.17, 15) is 0 Å². The molecule has 0 fully saturated rings. The first kappa shape index (κ1) is 18.1. The van der Waals surface area contributed by atoms with Crippen molar-refractivity contribution in [3.8, 4) is 23.0 Å². The van der Waals surface area contributed by atoms with Gasteiger partial charge in [0.2, 0.25) is 5.82 Å². The van der Waals surface area contributed by atoms with Gasteiger partial charge in [-0.2, -0.15) is 4.98 Å². The standard InChI is InChI=1S/C19H24N6O/c1-11(2)9-20-10-17-22-14(5)8-16(23-17)18-24-19(26-25-18)15-6-12(3)21-13(4)7-15/h6-8,11,20H,9-10H2,1-5H3. The van der Waals surface area contributed by atoms with Gasteiger partial charge in [-0.25, -0.2) is 9.97 Å². The zero-order chi connectivity index (χ0) is 18.7. The van der Waals surface area contributed by atoms with Crippen molar-refractivity contribution in [3.05, 3.63) is 41.1 Å². The second-order valence-electron chi connectivity index (χ2n) is 6.90.